The highest BCUT2D eigenvalue weighted by Crippen LogP contribution is 2.17. The molecule has 0 spiro atoms. The second-order valence-corrected chi connectivity index (χ2v) is 20.3. The van der Waals surface area contributed by atoms with E-state index < -0.39 is 36.9 Å². The highest BCUT2D eigenvalue weighted by atomic mass is 16.3. The number of hydrogen-bond donors (Lipinski definition) is 5. The maximum Gasteiger partial charge on any atom is 0.249 e. The largest absolute Gasteiger partial charge is 0.394 e. The fraction of sp³-hybridized carbons (Fsp3) is 0.852. The zero-order valence-electron chi connectivity index (χ0n) is 44.7. The number of rotatable bonds is 54. The molecule has 0 aromatic rings. The monoisotopic (exact) mass is 942 g/mol. The van der Waals surface area contributed by atoms with E-state index in [0.29, 0.717) is 19.3 Å². The lowest BCUT2D eigenvalue weighted by molar-refractivity contribution is -0.132. The summed E-state index contributed by atoms with van der Waals surface area (Å²) < 4.78 is 0. The molecule has 0 aromatic carbocycles. The number of unbranched alkanes of at least 4 members (excludes halogenated alkanes) is 37. The molecule has 0 heterocycles. The molecule has 0 aliphatic heterocycles. The average molecular weight is 943 g/mol. The zero-order chi connectivity index (χ0) is 48.8. The minimum Gasteiger partial charge on any atom is -0.394 e. The number of aliphatic hydroxyl groups excluding tert-OH is 4. The summed E-state index contributed by atoms with van der Waals surface area (Å²) in [6.07, 6.45) is 70.5. The summed E-state index contributed by atoms with van der Waals surface area (Å²) in [5.41, 5.74) is 0. The van der Waals surface area contributed by atoms with Gasteiger partial charge in [0.05, 0.1) is 18.8 Å². The molecule has 0 aliphatic rings. The maximum atomic E-state index is 12.6. The fourth-order valence-corrected chi connectivity index (χ4v) is 9.08. The Morgan fingerprint density at radius 1 is 0.358 bits per heavy atom. The van der Waals surface area contributed by atoms with Crippen molar-refractivity contribution in [2.45, 2.75) is 327 Å². The lowest BCUT2D eigenvalue weighted by Crippen LogP contribution is -2.53. The fourth-order valence-electron chi connectivity index (χ4n) is 9.08. The number of allylic oxidation sites excluding steroid dienone is 8. The van der Waals surface area contributed by atoms with Gasteiger partial charge in [-0.3, -0.25) is 4.79 Å². The van der Waals surface area contributed by atoms with Crippen molar-refractivity contribution in [2.24, 2.45) is 0 Å². The molecule has 5 N–H and O–H groups in total. The molecule has 394 valence electrons. The molecule has 0 aromatic heterocycles. The topological polar surface area (TPSA) is 110 Å². The molecule has 0 fully saturated rings. The number of nitrogens with one attached hydrogen (secondary N) is 1. The molecule has 0 rings (SSSR count). The zero-order valence-corrected chi connectivity index (χ0v) is 44.7. The van der Waals surface area contributed by atoms with Gasteiger partial charge < -0.3 is 25.7 Å². The van der Waals surface area contributed by atoms with Crippen LogP contribution in [0.4, 0.5) is 0 Å². The van der Waals surface area contributed by atoms with E-state index in [1.54, 1.807) is 0 Å². The van der Waals surface area contributed by atoms with Crippen LogP contribution in [0, 0.1) is 0 Å². The number of carbonyl (C=O) groups is 1. The van der Waals surface area contributed by atoms with Crippen LogP contribution in [-0.4, -0.2) is 57.3 Å². The first-order valence-electron chi connectivity index (χ1n) is 29.5. The van der Waals surface area contributed by atoms with Crippen molar-refractivity contribution in [3.8, 4) is 0 Å². The van der Waals surface area contributed by atoms with E-state index in [0.717, 1.165) is 51.4 Å². The molecule has 6 nitrogen and oxygen atoms in total. The van der Waals surface area contributed by atoms with Crippen molar-refractivity contribution < 1.29 is 25.2 Å². The summed E-state index contributed by atoms with van der Waals surface area (Å²) in [4.78, 5) is 12.6. The first-order valence-corrected chi connectivity index (χ1v) is 29.5. The lowest BCUT2D eigenvalue weighted by Gasteiger charge is -2.27. The normalized spacial score (nSPS) is 14.1. The highest BCUT2D eigenvalue weighted by Gasteiger charge is 2.28. The standard InChI is InChI=1S/C61H115NO5/c1-3-5-7-9-11-13-15-17-19-21-23-25-27-28-29-30-31-33-35-37-39-41-43-45-47-49-51-53-55-59(65)61(67)62-57(56-63)60(66)58(64)54-52-50-48-46-44-42-40-38-36-34-32-26-24-22-20-18-16-14-12-10-8-6-4-2/h26,28-29,32,38,40,46,48,57-60,63-66H,3-25,27,30-31,33-37,39,41-45,47,49-56H2,1-2H3,(H,62,67)/b29-28-,32-26+,40-38+,48-46+. The van der Waals surface area contributed by atoms with Gasteiger partial charge >= 0.3 is 0 Å². The Labute approximate surface area is 417 Å². The highest BCUT2D eigenvalue weighted by molar-refractivity contribution is 5.80. The molecule has 0 saturated heterocycles. The van der Waals surface area contributed by atoms with Gasteiger partial charge in [-0.05, 0) is 89.9 Å². The third-order valence-corrected chi connectivity index (χ3v) is 13.7. The smallest absolute Gasteiger partial charge is 0.249 e. The number of hydrogen-bond acceptors (Lipinski definition) is 5. The van der Waals surface area contributed by atoms with Gasteiger partial charge in [-0.15, -0.1) is 0 Å². The Kier molecular flexibility index (Phi) is 53.8. The second kappa shape index (κ2) is 55.2. The van der Waals surface area contributed by atoms with E-state index in [2.05, 4.69) is 67.8 Å². The predicted molar refractivity (Wildman–Crippen MR) is 293 cm³/mol. The summed E-state index contributed by atoms with van der Waals surface area (Å²) in [5.74, 6) is -0.597. The van der Waals surface area contributed by atoms with Crippen LogP contribution >= 0.6 is 0 Å². The van der Waals surface area contributed by atoms with Gasteiger partial charge in [0.15, 0.2) is 0 Å². The van der Waals surface area contributed by atoms with E-state index in [9.17, 15) is 25.2 Å². The minimum absolute atomic E-state index is 0.358. The summed E-state index contributed by atoms with van der Waals surface area (Å²) in [6.45, 7) is 4.07. The lowest BCUT2D eigenvalue weighted by atomic mass is 10.00. The summed E-state index contributed by atoms with van der Waals surface area (Å²) >= 11 is 0. The molecule has 0 bridgehead atoms. The first kappa shape index (κ1) is 65.3. The van der Waals surface area contributed by atoms with Gasteiger partial charge in [-0.1, -0.05) is 262 Å². The average Bonchev–Trinajstić information content (AvgIpc) is 3.33. The Morgan fingerprint density at radius 3 is 0.940 bits per heavy atom. The molecule has 4 unspecified atom stereocenters. The summed E-state index contributed by atoms with van der Waals surface area (Å²) in [7, 11) is 0. The van der Waals surface area contributed by atoms with Gasteiger partial charge in [0.2, 0.25) is 5.91 Å². The number of carbonyl (C=O) groups excluding carboxylic acids is 1. The van der Waals surface area contributed by atoms with Gasteiger partial charge in [0, 0.05) is 0 Å². The number of amides is 1. The molecule has 0 radical (unpaired) electrons. The van der Waals surface area contributed by atoms with Gasteiger partial charge in [-0.2, -0.15) is 0 Å². The molecule has 0 saturated carbocycles. The van der Waals surface area contributed by atoms with Crippen LogP contribution < -0.4 is 5.32 Å². The van der Waals surface area contributed by atoms with E-state index in [4.69, 9.17) is 0 Å². The van der Waals surface area contributed by atoms with E-state index in [-0.39, 0.29) is 0 Å². The van der Waals surface area contributed by atoms with Gasteiger partial charge in [0.25, 0.3) is 0 Å². The third-order valence-electron chi connectivity index (χ3n) is 13.7. The summed E-state index contributed by atoms with van der Waals surface area (Å²) in [5, 5.41) is 44.0. The Bertz CT molecular complexity index is 1100. The first-order chi connectivity index (χ1) is 33.0. The van der Waals surface area contributed by atoms with Crippen molar-refractivity contribution in [3.63, 3.8) is 0 Å². The molecular formula is C61H115NO5. The Hall–Kier alpha value is -1.73. The Morgan fingerprint density at radius 2 is 0.627 bits per heavy atom. The van der Waals surface area contributed by atoms with Crippen LogP contribution in [0.3, 0.4) is 0 Å². The Balaban J connectivity index is 3.68. The van der Waals surface area contributed by atoms with Gasteiger partial charge in [0.1, 0.15) is 12.2 Å². The van der Waals surface area contributed by atoms with E-state index in [1.807, 2.05) is 0 Å². The molecule has 1 amide bonds. The van der Waals surface area contributed by atoms with Crippen LogP contribution in [-0.2, 0) is 4.79 Å². The molecule has 0 aliphatic carbocycles. The van der Waals surface area contributed by atoms with Crippen LogP contribution in [0.15, 0.2) is 48.6 Å². The summed E-state index contributed by atoms with van der Waals surface area (Å²) in [6, 6.07) is -1.01. The molecular weight excluding hydrogens is 827 g/mol. The molecule has 67 heavy (non-hydrogen) atoms. The van der Waals surface area contributed by atoms with E-state index in [1.165, 1.54) is 218 Å². The van der Waals surface area contributed by atoms with Crippen LogP contribution in [0.5, 0.6) is 0 Å². The quantitative estimate of drug-likeness (QED) is 0.0308. The van der Waals surface area contributed by atoms with Crippen molar-refractivity contribution in [3.05, 3.63) is 48.6 Å². The number of aliphatic hydroxyl groups is 4. The van der Waals surface area contributed by atoms with E-state index >= 15 is 0 Å². The second-order valence-electron chi connectivity index (χ2n) is 20.3. The third kappa shape index (κ3) is 49.1. The molecule has 6 heteroatoms. The molecule has 4 atom stereocenters. The van der Waals surface area contributed by atoms with Gasteiger partial charge in [-0.25, -0.2) is 0 Å². The van der Waals surface area contributed by atoms with Crippen LogP contribution in [0.1, 0.15) is 303 Å². The van der Waals surface area contributed by atoms with Crippen LogP contribution in [0.2, 0.25) is 0 Å². The van der Waals surface area contributed by atoms with Crippen LogP contribution in [0.25, 0.3) is 0 Å². The van der Waals surface area contributed by atoms with Crippen molar-refractivity contribution in [1.29, 1.82) is 0 Å². The maximum absolute atomic E-state index is 12.6. The van der Waals surface area contributed by atoms with Crippen molar-refractivity contribution in [1.82, 2.24) is 5.32 Å². The minimum atomic E-state index is -1.30. The van der Waals surface area contributed by atoms with Crippen molar-refractivity contribution >= 4 is 5.91 Å². The van der Waals surface area contributed by atoms with Crippen molar-refractivity contribution in [2.75, 3.05) is 6.61 Å². The predicted octanol–water partition coefficient (Wildman–Crippen LogP) is 17.4. The SMILES string of the molecule is CCCCCCCCCCCC/C=C/CC/C=C/CC/C=C/CCCC(O)C(O)C(CO)NC(=O)C(O)CCCCCCCCCCCCCC/C=C\CCCCCCCCCCCCCC.